The Hall–Kier alpha value is -4.30. The van der Waals surface area contributed by atoms with Gasteiger partial charge >= 0.3 is 6.09 Å². The predicted molar refractivity (Wildman–Crippen MR) is 147 cm³/mol. The van der Waals surface area contributed by atoms with E-state index in [4.69, 9.17) is 11.2 Å². The van der Waals surface area contributed by atoms with E-state index in [1.54, 1.807) is 57.2 Å². The molecule has 38 heavy (non-hydrogen) atoms. The molecule has 0 bridgehead atoms. The SMILES string of the molecule is C#Cc1ccc(C(C(=O)Nc2ccccc2C)N(CC#N)C(=O)C(CC(C)C)NC(=O)OC(C)(C)C)cc1. The molecule has 2 aromatic rings. The molecule has 0 aliphatic carbocycles. The summed E-state index contributed by atoms with van der Waals surface area (Å²) in [6, 6.07) is 13.7. The number of amides is 3. The zero-order valence-electron chi connectivity index (χ0n) is 22.9. The van der Waals surface area contributed by atoms with Gasteiger partial charge in [-0.1, -0.05) is 50.1 Å². The number of hydrogen-bond donors (Lipinski definition) is 2. The van der Waals surface area contributed by atoms with Crippen LogP contribution < -0.4 is 10.6 Å². The molecule has 2 aromatic carbocycles. The molecule has 2 atom stereocenters. The molecule has 8 heteroatoms. The number of anilines is 1. The molecular formula is C30H36N4O4. The maximum absolute atomic E-state index is 13.9. The van der Waals surface area contributed by atoms with E-state index in [1.807, 2.05) is 39.0 Å². The Morgan fingerprint density at radius 2 is 1.71 bits per heavy atom. The number of nitrogens with zero attached hydrogens (tertiary/aromatic N) is 2. The first-order valence-electron chi connectivity index (χ1n) is 12.5. The van der Waals surface area contributed by atoms with E-state index in [9.17, 15) is 19.6 Å². The van der Waals surface area contributed by atoms with Gasteiger partial charge in [0.25, 0.3) is 5.91 Å². The fraction of sp³-hybridized carbons (Fsp3) is 0.400. The lowest BCUT2D eigenvalue weighted by Crippen LogP contribution is -2.53. The second-order valence-electron chi connectivity index (χ2n) is 10.4. The first-order chi connectivity index (χ1) is 17.9. The number of alkyl carbamates (subject to hydrolysis) is 1. The zero-order chi connectivity index (χ0) is 28.5. The number of rotatable bonds is 9. The van der Waals surface area contributed by atoms with Gasteiger partial charge in [-0.25, -0.2) is 4.79 Å². The molecular weight excluding hydrogens is 480 g/mol. The van der Waals surface area contributed by atoms with Gasteiger partial charge in [0.1, 0.15) is 24.2 Å². The van der Waals surface area contributed by atoms with Crippen LogP contribution in [-0.2, 0) is 14.3 Å². The maximum Gasteiger partial charge on any atom is 0.408 e. The Kier molecular flexibility index (Phi) is 10.5. The Bertz CT molecular complexity index is 1220. The Labute approximate surface area is 225 Å². The second-order valence-corrected chi connectivity index (χ2v) is 10.4. The number of terminal acetylenes is 1. The van der Waals surface area contributed by atoms with Crippen molar-refractivity contribution in [2.45, 2.75) is 65.6 Å². The predicted octanol–water partition coefficient (Wildman–Crippen LogP) is 4.95. The van der Waals surface area contributed by atoms with Crippen LogP contribution in [0.3, 0.4) is 0 Å². The smallest absolute Gasteiger partial charge is 0.408 e. The van der Waals surface area contributed by atoms with Crippen LogP contribution in [0.15, 0.2) is 48.5 Å². The number of carbonyl (C=O) groups excluding carboxylic acids is 3. The summed E-state index contributed by atoms with van der Waals surface area (Å²) in [6.45, 7) is 10.5. The molecule has 0 fully saturated rings. The van der Waals surface area contributed by atoms with E-state index < -0.39 is 35.6 Å². The van der Waals surface area contributed by atoms with Gasteiger partial charge in [-0.2, -0.15) is 5.26 Å². The van der Waals surface area contributed by atoms with Gasteiger partial charge < -0.3 is 20.3 Å². The topological polar surface area (TPSA) is 112 Å². The van der Waals surface area contributed by atoms with E-state index in [2.05, 4.69) is 16.6 Å². The average Bonchev–Trinajstić information content (AvgIpc) is 2.83. The lowest BCUT2D eigenvalue weighted by atomic mass is 9.98. The van der Waals surface area contributed by atoms with Gasteiger partial charge in [0.05, 0.1) is 6.07 Å². The number of hydrogen-bond acceptors (Lipinski definition) is 5. The molecule has 0 saturated carbocycles. The first-order valence-corrected chi connectivity index (χ1v) is 12.5. The third-order valence-electron chi connectivity index (χ3n) is 5.58. The summed E-state index contributed by atoms with van der Waals surface area (Å²) in [6.07, 6.45) is 5.02. The van der Waals surface area contributed by atoms with Gasteiger partial charge in [-0.15, -0.1) is 6.42 Å². The van der Waals surface area contributed by atoms with Crippen molar-refractivity contribution in [2.24, 2.45) is 5.92 Å². The van der Waals surface area contributed by atoms with Crippen molar-refractivity contribution in [3.63, 3.8) is 0 Å². The molecule has 0 heterocycles. The van der Waals surface area contributed by atoms with Crippen molar-refractivity contribution in [3.8, 4) is 18.4 Å². The van der Waals surface area contributed by atoms with Crippen LogP contribution in [0.5, 0.6) is 0 Å². The summed E-state index contributed by atoms with van der Waals surface area (Å²) in [5.74, 6) is 1.48. The lowest BCUT2D eigenvalue weighted by molar-refractivity contribution is -0.140. The maximum atomic E-state index is 13.9. The largest absolute Gasteiger partial charge is 0.444 e. The number of aryl methyl sites for hydroxylation is 1. The molecule has 0 radical (unpaired) electrons. The summed E-state index contributed by atoms with van der Waals surface area (Å²) in [5.41, 5.74) is 1.73. The van der Waals surface area contributed by atoms with Crippen molar-refractivity contribution in [1.82, 2.24) is 10.2 Å². The number of nitriles is 1. The average molecular weight is 517 g/mol. The molecule has 2 unspecified atom stereocenters. The first kappa shape index (κ1) is 29.9. The zero-order valence-corrected chi connectivity index (χ0v) is 22.9. The number of carbonyl (C=O) groups is 3. The minimum Gasteiger partial charge on any atom is -0.444 e. The van der Waals surface area contributed by atoms with Gasteiger partial charge in [-0.05, 0) is 69.4 Å². The molecule has 200 valence electrons. The van der Waals surface area contributed by atoms with Crippen molar-refractivity contribution >= 4 is 23.6 Å². The normalized spacial score (nSPS) is 12.4. The van der Waals surface area contributed by atoms with Crippen molar-refractivity contribution in [2.75, 3.05) is 11.9 Å². The minimum atomic E-state index is -1.16. The van der Waals surface area contributed by atoms with E-state index >= 15 is 0 Å². The molecule has 0 aromatic heterocycles. The van der Waals surface area contributed by atoms with Crippen LogP contribution in [0.1, 0.15) is 63.8 Å². The van der Waals surface area contributed by atoms with Crippen LogP contribution in [0, 0.1) is 36.5 Å². The van der Waals surface area contributed by atoms with Gasteiger partial charge in [0.2, 0.25) is 5.91 Å². The highest BCUT2D eigenvalue weighted by atomic mass is 16.6. The van der Waals surface area contributed by atoms with Gasteiger partial charge in [0.15, 0.2) is 0 Å². The Balaban J connectivity index is 2.53. The fourth-order valence-corrected chi connectivity index (χ4v) is 3.86. The molecule has 2 rings (SSSR count). The van der Waals surface area contributed by atoms with Crippen molar-refractivity contribution < 1.29 is 19.1 Å². The lowest BCUT2D eigenvalue weighted by Gasteiger charge is -2.33. The van der Waals surface area contributed by atoms with Gasteiger partial charge in [-0.3, -0.25) is 9.59 Å². The Morgan fingerprint density at radius 3 is 2.24 bits per heavy atom. The fourth-order valence-electron chi connectivity index (χ4n) is 3.86. The quantitative estimate of drug-likeness (QED) is 0.362. The third-order valence-corrected chi connectivity index (χ3v) is 5.58. The van der Waals surface area contributed by atoms with Gasteiger partial charge in [0, 0.05) is 11.3 Å². The molecule has 0 aliphatic heterocycles. The molecule has 2 N–H and O–H groups in total. The number of nitrogens with one attached hydrogen (secondary N) is 2. The summed E-state index contributed by atoms with van der Waals surface area (Å²) >= 11 is 0. The van der Waals surface area contributed by atoms with Crippen LogP contribution >= 0.6 is 0 Å². The number of para-hydroxylation sites is 1. The second kappa shape index (κ2) is 13.3. The highest BCUT2D eigenvalue weighted by Crippen LogP contribution is 2.26. The Morgan fingerprint density at radius 1 is 1.08 bits per heavy atom. The molecule has 0 saturated heterocycles. The third kappa shape index (κ3) is 8.67. The van der Waals surface area contributed by atoms with E-state index in [0.29, 0.717) is 16.8 Å². The summed E-state index contributed by atoms with van der Waals surface area (Å²) in [4.78, 5) is 41.4. The highest BCUT2D eigenvalue weighted by molar-refractivity contribution is 5.99. The van der Waals surface area contributed by atoms with E-state index in [-0.39, 0.29) is 18.9 Å². The van der Waals surface area contributed by atoms with Crippen molar-refractivity contribution in [3.05, 3.63) is 65.2 Å². The van der Waals surface area contributed by atoms with Crippen LogP contribution in [0.25, 0.3) is 0 Å². The summed E-state index contributed by atoms with van der Waals surface area (Å²) < 4.78 is 5.37. The van der Waals surface area contributed by atoms with E-state index in [1.165, 1.54) is 4.90 Å². The highest BCUT2D eigenvalue weighted by Gasteiger charge is 2.36. The van der Waals surface area contributed by atoms with Crippen LogP contribution in [-0.4, -0.2) is 41.0 Å². The molecule has 0 spiro atoms. The van der Waals surface area contributed by atoms with Crippen molar-refractivity contribution in [1.29, 1.82) is 5.26 Å². The molecule has 3 amide bonds. The van der Waals surface area contributed by atoms with Crippen LogP contribution in [0.4, 0.5) is 10.5 Å². The monoisotopic (exact) mass is 516 g/mol. The minimum absolute atomic E-state index is 0.0250. The summed E-state index contributed by atoms with van der Waals surface area (Å²) in [5, 5.41) is 15.2. The van der Waals surface area contributed by atoms with Crippen LogP contribution in [0.2, 0.25) is 0 Å². The number of ether oxygens (including phenoxy) is 1. The molecule has 0 aliphatic rings. The number of benzene rings is 2. The summed E-state index contributed by atoms with van der Waals surface area (Å²) in [7, 11) is 0. The standard InChI is InChI=1S/C30H36N4O4/c1-8-22-13-15-23(16-14-22)26(27(35)32-24-12-10-9-11-21(24)4)34(18-17-31)28(36)25(19-20(2)3)33-29(37)38-30(5,6)7/h1,9-16,20,25-26H,18-19H2,2-7H3,(H,32,35)(H,33,37). The molecule has 8 nitrogen and oxygen atoms in total. The van der Waals surface area contributed by atoms with E-state index in [0.717, 1.165) is 5.56 Å².